The summed E-state index contributed by atoms with van der Waals surface area (Å²) >= 11 is 0. The Labute approximate surface area is 482 Å². The Bertz CT molecular complexity index is 987. The van der Waals surface area contributed by atoms with Crippen molar-refractivity contribution in [2.75, 3.05) is 40.6 Å². The maximum absolute atomic E-state index is 6.32. The third kappa shape index (κ3) is 61.1. The Hall–Kier alpha value is -0.800. The second kappa shape index (κ2) is 67.7. The van der Waals surface area contributed by atoms with Gasteiger partial charge in [-0.1, -0.05) is 297 Å². The van der Waals surface area contributed by atoms with Gasteiger partial charge in [-0.3, -0.25) is 0 Å². The number of hydrogen-bond donors (Lipinski definition) is 0. The van der Waals surface area contributed by atoms with E-state index in [4.69, 9.17) is 33.2 Å². The lowest BCUT2D eigenvalue weighted by molar-refractivity contribution is -0.188. The molecule has 0 aromatic heterocycles. The molecule has 0 rings (SSSR count). The maximum Gasteiger partial charge on any atom is 0.179 e. The van der Waals surface area contributed by atoms with Crippen LogP contribution in [0.3, 0.4) is 0 Å². The van der Waals surface area contributed by atoms with Crippen molar-refractivity contribution in [2.45, 2.75) is 387 Å². The van der Waals surface area contributed by atoms with Gasteiger partial charge in [0.1, 0.15) is 0 Å². The zero-order valence-corrected chi connectivity index (χ0v) is 53.1. The summed E-state index contributed by atoms with van der Waals surface area (Å²) in [6, 6.07) is 0. The van der Waals surface area contributed by atoms with E-state index in [0.29, 0.717) is 0 Å². The molecule has 2 unspecified atom stereocenters. The molecule has 0 N–H and O–H groups in total. The Morgan fingerprint density at radius 2 is 0.455 bits per heavy atom. The average molecular weight is 1090 g/mol. The molecule has 0 saturated carbocycles. The van der Waals surface area contributed by atoms with Gasteiger partial charge in [0.15, 0.2) is 25.2 Å². The smallest absolute Gasteiger partial charge is 0.179 e. The lowest BCUT2D eigenvalue weighted by atomic mass is 10.1. The first-order valence-corrected chi connectivity index (χ1v) is 34.7. The quantitative estimate of drug-likeness (QED) is 0.0342. The van der Waals surface area contributed by atoms with Crippen LogP contribution in [0.5, 0.6) is 0 Å². The Balaban J connectivity index is 4.18. The molecule has 0 radical (unpaired) electrons. The number of methoxy groups -OCH3 is 2. The van der Waals surface area contributed by atoms with Crippen LogP contribution in [0.25, 0.3) is 0 Å². The molecule has 0 heterocycles. The minimum absolute atomic E-state index is 0.0106. The van der Waals surface area contributed by atoms with Crippen molar-refractivity contribution in [1.82, 2.24) is 0 Å². The molecule has 0 bridgehead atoms. The summed E-state index contributed by atoms with van der Waals surface area (Å²) in [5.74, 6) is 0. The van der Waals surface area contributed by atoms with Crippen LogP contribution in [0.2, 0.25) is 0 Å². The predicted octanol–water partition coefficient (Wildman–Crippen LogP) is 23.1. The fourth-order valence-electron chi connectivity index (χ4n) is 10.4. The third-order valence-electron chi connectivity index (χ3n) is 15.6. The van der Waals surface area contributed by atoms with Crippen LogP contribution in [0.4, 0.5) is 0 Å². The zero-order valence-electron chi connectivity index (χ0n) is 53.1. The van der Waals surface area contributed by atoms with Gasteiger partial charge in [-0.25, -0.2) is 0 Å². The van der Waals surface area contributed by atoms with Gasteiger partial charge < -0.3 is 33.2 Å². The van der Waals surface area contributed by atoms with Crippen molar-refractivity contribution in [3.05, 3.63) is 24.3 Å². The molecule has 0 aliphatic carbocycles. The van der Waals surface area contributed by atoms with Crippen molar-refractivity contribution in [2.24, 2.45) is 0 Å². The van der Waals surface area contributed by atoms with E-state index >= 15 is 0 Å². The predicted molar refractivity (Wildman–Crippen MR) is 335 cm³/mol. The molecule has 7 nitrogen and oxygen atoms in total. The fraction of sp³-hybridized carbons (Fsp3) is 0.943. The first kappa shape index (κ1) is 76.2. The second-order valence-electron chi connectivity index (χ2n) is 23.3. The van der Waals surface area contributed by atoms with Gasteiger partial charge in [-0.2, -0.15) is 0 Å². The van der Waals surface area contributed by atoms with Crippen LogP contribution in [0.15, 0.2) is 24.3 Å². The number of unbranched alkanes of at least 4 members (excludes halogenated alkanes) is 44. The van der Waals surface area contributed by atoms with E-state index in [0.717, 1.165) is 52.1 Å². The van der Waals surface area contributed by atoms with Crippen molar-refractivity contribution >= 4 is 0 Å². The highest BCUT2D eigenvalue weighted by molar-refractivity contribution is 4.89. The summed E-state index contributed by atoms with van der Waals surface area (Å²) in [5, 5.41) is 0. The number of allylic oxidation sites excluding steroid dienone is 2. The molecule has 7 heteroatoms. The van der Waals surface area contributed by atoms with E-state index in [1.54, 1.807) is 14.2 Å². The summed E-state index contributed by atoms with van der Waals surface area (Å²) in [6.07, 6.45) is 75.2. The van der Waals surface area contributed by atoms with Crippen LogP contribution in [0, 0.1) is 0 Å². The highest BCUT2D eigenvalue weighted by Gasteiger charge is 2.13. The molecule has 0 aliphatic heterocycles. The normalized spacial score (nSPS) is 13.0. The fourth-order valence-corrected chi connectivity index (χ4v) is 10.4. The molecular formula is C70H138O7. The molecule has 0 amide bonds. The Morgan fingerprint density at radius 3 is 0.688 bits per heavy atom. The van der Waals surface area contributed by atoms with Gasteiger partial charge in [0.2, 0.25) is 0 Å². The lowest BCUT2D eigenvalue weighted by Gasteiger charge is -2.19. The minimum Gasteiger partial charge on any atom is -0.353 e. The SMILES string of the molecule is CCCCCCCCCCOC(CCCCCCCCCCC=CC(OC)OC(C=CCCCCCCCCCCC(OCCCCCCCCCC)OCCCCCCCCCC)OC)OCCCCCCCCCC. The largest absolute Gasteiger partial charge is 0.353 e. The molecule has 0 spiro atoms. The van der Waals surface area contributed by atoms with Crippen molar-refractivity contribution in [3.8, 4) is 0 Å². The van der Waals surface area contributed by atoms with Gasteiger partial charge in [0, 0.05) is 40.6 Å². The van der Waals surface area contributed by atoms with E-state index in [2.05, 4.69) is 39.8 Å². The summed E-state index contributed by atoms with van der Waals surface area (Å²) in [7, 11) is 3.42. The minimum atomic E-state index is -0.402. The third-order valence-corrected chi connectivity index (χ3v) is 15.6. The van der Waals surface area contributed by atoms with Gasteiger partial charge in [0.05, 0.1) is 0 Å². The van der Waals surface area contributed by atoms with E-state index in [1.807, 2.05) is 12.2 Å². The van der Waals surface area contributed by atoms with E-state index < -0.39 is 12.6 Å². The molecule has 0 fully saturated rings. The number of hydrogen-bond acceptors (Lipinski definition) is 7. The molecular weight excluding hydrogens is 953 g/mol. The Morgan fingerprint density at radius 1 is 0.247 bits per heavy atom. The van der Waals surface area contributed by atoms with Crippen molar-refractivity contribution in [3.63, 3.8) is 0 Å². The standard InChI is InChI=1S/C70H138O7/c1-7-11-15-19-23-39-47-55-63-73-69(74-64-56-48-40-24-20-16-12-8-2)61-53-45-37-33-29-27-31-35-43-51-59-67(71-5)77-68(72-6)60-52-44-36-32-28-30-34-38-46-54-62-70(75-65-57-49-41-25-21-17-13-9-3)76-66-58-50-42-26-22-18-14-10-4/h51-52,59-60,67-70H,7-50,53-58,61-66H2,1-6H3. The molecule has 2 atom stereocenters. The maximum atomic E-state index is 6.32. The monoisotopic (exact) mass is 1090 g/mol. The molecule has 460 valence electrons. The highest BCUT2D eigenvalue weighted by Crippen LogP contribution is 2.19. The second-order valence-corrected chi connectivity index (χ2v) is 23.3. The van der Waals surface area contributed by atoms with E-state index in [1.165, 1.54) is 308 Å². The van der Waals surface area contributed by atoms with Crippen LogP contribution in [-0.4, -0.2) is 65.8 Å². The first-order valence-electron chi connectivity index (χ1n) is 34.7. The van der Waals surface area contributed by atoms with Crippen LogP contribution in [0.1, 0.15) is 362 Å². The topological polar surface area (TPSA) is 64.6 Å². The zero-order chi connectivity index (χ0) is 55.7. The lowest BCUT2D eigenvalue weighted by Crippen LogP contribution is -2.22. The van der Waals surface area contributed by atoms with Crippen LogP contribution < -0.4 is 0 Å². The average Bonchev–Trinajstić information content (AvgIpc) is 3.44. The molecule has 0 aromatic carbocycles. The molecule has 0 aliphatic rings. The van der Waals surface area contributed by atoms with Gasteiger partial charge in [0.25, 0.3) is 0 Å². The highest BCUT2D eigenvalue weighted by atomic mass is 16.8. The Kier molecular flexibility index (Phi) is 67.0. The van der Waals surface area contributed by atoms with Gasteiger partial charge >= 0.3 is 0 Å². The summed E-state index contributed by atoms with van der Waals surface area (Å²) in [6.45, 7) is 12.6. The first-order chi connectivity index (χ1) is 38.1. The molecule has 77 heavy (non-hydrogen) atoms. The molecule has 0 aromatic rings. The van der Waals surface area contributed by atoms with E-state index in [-0.39, 0.29) is 12.6 Å². The molecule has 0 saturated heterocycles. The van der Waals surface area contributed by atoms with E-state index in [9.17, 15) is 0 Å². The number of ether oxygens (including phenoxy) is 7. The van der Waals surface area contributed by atoms with Gasteiger partial charge in [-0.05, 0) is 89.2 Å². The van der Waals surface area contributed by atoms with Crippen LogP contribution >= 0.6 is 0 Å². The summed E-state index contributed by atoms with van der Waals surface area (Å²) in [5.41, 5.74) is 0. The summed E-state index contributed by atoms with van der Waals surface area (Å²) < 4.78 is 42.6. The van der Waals surface area contributed by atoms with Crippen LogP contribution in [-0.2, 0) is 33.2 Å². The van der Waals surface area contributed by atoms with Gasteiger partial charge in [-0.15, -0.1) is 0 Å². The summed E-state index contributed by atoms with van der Waals surface area (Å²) in [4.78, 5) is 0. The van der Waals surface area contributed by atoms with Crippen molar-refractivity contribution < 1.29 is 33.2 Å². The number of rotatable bonds is 68. The van der Waals surface area contributed by atoms with Crippen molar-refractivity contribution in [1.29, 1.82) is 0 Å².